The number of ether oxygens (including phenoxy) is 1. The van der Waals surface area contributed by atoms with Crippen molar-refractivity contribution in [3.05, 3.63) is 89.1 Å². The Bertz CT molecular complexity index is 1240. The molecule has 0 aliphatic carbocycles. The van der Waals surface area contributed by atoms with Gasteiger partial charge in [0.2, 0.25) is 5.88 Å². The predicted octanol–water partition coefficient (Wildman–Crippen LogP) is 3.87. The molecule has 1 N–H and O–H groups in total. The maximum atomic E-state index is 15.6. The van der Waals surface area contributed by atoms with E-state index in [-0.39, 0.29) is 11.6 Å². The van der Waals surface area contributed by atoms with E-state index < -0.39 is 41.0 Å². The van der Waals surface area contributed by atoms with Crippen LogP contribution < -0.4 is 4.74 Å². The molecule has 13 heteroatoms. The van der Waals surface area contributed by atoms with Crippen molar-refractivity contribution in [2.45, 2.75) is 18.1 Å². The lowest BCUT2D eigenvalue weighted by molar-refractivity contribution is -0.207. The molecule has 4 rings (SSSR count). The normalized spacial score (nSPS) is 13.5. The summed E-state index contributed by atoms with van der Waals surface area (Å²) in [6.07, 6.45) is 3.28. The highest BCUT2D eigenvalue weighted by Gasteiger charge is 2.58. The fourth-order valence-electron chi connectivity index (χ4n) is 3.05. The minimum absolute atomic E-state index is 0.0707. The lowest BCUT2D eigenvalue weighted by Gasteiger charge is -2.35. The van der Waals surface area contributed by atoms with Crippen molar-refractivity contribution in [3.63, 3.8) is 0 Å². The number of halogens is 5. The van der Waals surface area contributed by atoms with Crippen molar-refractivity contribution in [3.8, 4) is 11.6 Å². The van der Waals surface area contributed by atoms with Crippen molar-refractivity contribution in [1.29, 1.82) is 0 Å². The van der Waals surface area contributed by atoms with Gasteiger partial charge in [-0.2, -0.15) is 8.78 Å². The van der Waals surface area contributed by atoms with Gasteiger partial charge >= 0.3 is 5.92 Å². The van der Waals surface area contributed by atoms with Crippen LogP contribution in [0.25, 0.3) is 0 Å². The van der Waals surface area contributed by atoms with Crippen LogP contribution in [0.3, 0.4) is 0 Å². The van der Waals surface area contributed by atoms with Gasteiger partial charge in [-0.15, -0.1) is 5.10 Å². The molecule has 0 amide bonds. The van der Waals surface area contributed by atoms with Gasteiger partial charge in [0.05, 0.1) is 17.8 Å². The van der Waals surface area contributed by atoms with Gasteiger partial charge < -0.3 is 9.84 Å². The van der Waals surface area contributed by atoms with Crippen LogP contribution in [0.2, 0.25) is 5.02 Å². The molecule has 0 saturated carbocycles. The van der Waals surface area contributed by atoms with E-state index in [0.717, 1.165) is 35.4 Å². The molecule has 1 aromatic carbocycles. The Balaban J connectivity index is 1.70. The standard InChI is InChI=1S/C20H13ClF4N6O2/c21-12-1-6-18(27-8-12)33-14-3-5-17(26-9-14)20(24,25)19(32,10-31-11-28-29-30-31)15-4-2-13(22)7-16(15)23/h1-9,11,32H,10H2. The molecule has 1 unspecified atom stereocenters. The van der Waals surface area contributed by atoms with Crippen molar-refractivity contribution in [2.24, 2.45) is 0 Å². The number of nitrogens with zero attached hydrogens (tertiary/aromatic N) is 6. The van der Waals surface area contributed by atoms with Crippen LogP contribution in [0.4, 0.5) is 17.6 Å². The summed E-state index contributed by atoms with van der Waals surface area (Å²) in [5, 5.41) is 21.6. The average Bonchev–Trinajstić information content (AvgIpc) is 3.28. The van der Waals surface area contributed by atoms with Gasteiger partial charge in [-0.1, -0.05) is 11.6 Å². The van der Waals surface area contributed by atoms with E-state index >= 15 is 8.78 Å². The zero-order valence-electron chi connectivity index (χ0n) is 16.4. The third-order valence-electron chi connectivity index (χ3n) is 4.66. The number of benzene rings is 1. The molecule has 1 atom stereocenters. The predicted molar refractivity (Wildman–Crippen MR) is 106 cm³/mol. The molecule has 3 aromatic heterocycles. The lowest BCUT2D eigenvalue weighted by Crippen LogP contribution is -2.48. The number of rotatable bonds is 7. The number of aliphatic hydroxyl groups is 1. The van der Waals surface area contributed by atoms with Crippen LogP contribution in [-0.4, -0.2) is 35.3 Å². The molecule has 0 bridgehead atoms. The second kappa shape index (κ2) is 8.71. The van der Waals surface area contributed by atoms with E-state index in [1.807, 2.05) is 0 Å². The molecule has 33 heavy (non-hydrogen) atoms. The zero-order valence-corrected chi connectivity index (χ0v) is 17.2. The third kappa shape index (κ3) is 4.47. The summed E-state index contributed by atoms with van der Waals surface area (Å²) >= 11 is 5.75. The Morgan fingerprint density at radius 2 is 1.85 bits per heavy atom. The summed E-state index contributed by atoms with van der Waals surface area (Å²) in [6.45, 7) is -0.954. The number of pyridine rings is 2. The maximum absolute atomic E-state index is 15.6. The van der Waals surface area contributed by atoms with Crippen molar-refractivity contribution >= 4 is 11.6 Å². The van der Waals surface area contributed by atoms with Crippen LogP contribution >= 0.6 is 11.6 Å². The minimum Gasteiger partial charge on any atom is -0.437 e. The van der Waals surface area contributed by atoms with Crippen LogP contribution in [0.1, 0.15) is 11.3 Å². The molecule has 3 heterocycles. The first-order valence-corrected chi connectivity index (χ1v) is 9.59. The van der Waals surface area contributed by atoms with Gasteiger partial charge in [-0.05, 0) is 40.8 Å². The van der Waals surface area contributed by atoms with Gasteiger partial charge in [-0.25, -0.2) is 18.4 Å². The fourth-order valence-corrected chi connectivity index (χ4v) is 3.16. The number of hydrogen-bond acceptors (Lipinski definition) is 7. The van der Waals surface area contributed by atoms with Gasteiger partial charge in [0, 0.05) is 23.9 Å². The molecule has 0 radical (unpaired) electrons. The molecule has 0 saturated heterocycles. The lowest BCUT2D eigenvalue weighted by atomic mass is 9.84. The molecule has 8 nitrogen and oxygen atoms in total. The van der Waals surface area contributed by atoms with Crippen molar-refractivity contribution in [2.75, 3.05) is 0 Å². The van der Waals surface area contributed by atoms with Crippen molar-refractivity contribution < 1.29 is 27.4 Å². The monoisotopic (exact) mass is 480 g/mol. The number of hydrogen-bond donors (Lipinski definition) is 1. The largest absolute Gasteiger partial charge is 0.437 e. The second-order valence-corrected chi connectivity index (χ2v) is 7.30. The first-order valence-electron chi connectivity index (χ1n) is 9.21. The Labute approximate surface area is 188 Å². The summed E-state index contributed by atoms with van der Waals surface area (Å²) in [4.78, 5) is 7.60. The van der Waals surface area contributed by atoms with E-state index in [0.29, 0.717) is 11.1 Å². The van der Waals surface area contributed by atoms with E-state index in [2.05, 4.69) is 25.5 Å². The quantitative estimate of drug-likeness (QED) is 0.401. The zero-order chi connectivity index (χ0) is 23.6. The van der Waals surface area contributed by atoms with Gasteiger partial charge in [-0.3, -0.25) is 4.98 Å². The second-order valence-electron chi connectivity index (χ2n) is 6.86. The highest BCUT2D eigenvalue weighted by Crippen LogP contribution is 2.46. The van der Waals surface area contributed by atoms with Crippen LogP contribution in [0.5, 0.6) is 11.6 Å². The highest BCUT2D eigenvalue weighted by atomic mass is 35.5. The maximum Gasteiger partial charge on any atom is 0.323 e. The van der Waals surface area contributed by atoms with Crippen LogP contribution in [0, 0.1) is 11.6 Å². The average molecular weight is 481 g/mol. The van der Waals surface area contributed by atoms with Crippen molar-refractivity contribution in [1.82, 2.24) is 30.2 Å². The minimum atomic E-state index is -4.17. The molecule has 4 aromatic rings. The Morgan fingerprint density at radius 1 is 1.03 bits per heavy atom. The molecule has 0 spiro atoms. The van der Waals surface area contributed by atoms with Gasteiger partial charge in [0.15, 0.2) is 5.60 Å². The molecular weight excluding hydrogens is 468 g/mol. The molecule has 0 fully saturated rings. The molecule has 170 valence electrons. The first kappa shape index (κ1) is 22.6. The molecule has 0 aliphatic rings. The Kier molecular flexibility index (Phi) is 5.95. The molecule has 0 aliphatic heterocycles. The summed E-state index contributed by atoms with van der Waals surface area (Å²) in [5.74, 6) is -6.33. The van der Waals surface area contributed by atoms with E-state index in [4.69, 9.17) is 16.3 Å². The van der Waals surface area contributed by atoms with Crippen LogP contribution in [-0.2, 0) is 18.1 Å². The van der Waals surface area contributed by atoms with Gasteiger partial charge in [0.1, 0.15) is 29.4 Å². The summed E-state index contributed by atoms with van der Waals surface area (Å²) in [7, 11) is 0. The van der Waals surface area contributed by atoms with E-state index in [1.54, 1.807) is 0 Å². The van der Waals surface area contributed by atoms with E-state index in [1.165, 1.54) is 24.4 Å². The van der Waals surface area contributed by atoms with Crippen LogP contribution in [0.15, 0.2) is 61.2 Å². The highest BCUT2D eigenvalue weighted by molar-refractivity contribution is 6.30. The van der Waals surface area contributed by atoms with Gasteiger partial charge in [0.25, 0.3) is 0 Å². The summed E-state index contributed by atoms with van der Waals surface area (Å²) in [6, 6.07) is 6.93. The fraction of sp³-hybridized carbons (Fsp3) is 0.150. The smallest absolute Gasteiger partial charge is 0.323 e. The van der Waals surface area contributed by atoms with E-state index in [9.17, 15) is 13.9 Å². The third-order valence-corrected chi connectivity index (χ3v) is 4.88. The first-order chi connectivity index (χ1) is 15.7. The Morgan fingerprint density at radius 3 is 2.45 bits per heavy atom. The number of tetrazole rings is 1. The number of alkyl halides is 2. The Hall–Kier alpha value is -3.64. The summed E-state index contributed by atoms with van der Waals surface area (Å²) < 4.78 is 65.4. The summed E-state index contributed by atoms with van der Waals surface area (Å²) in [5.41, 5.74) is -5.00. The molecular formula is C20H13ClF4N6O2. The SMILES string of the molecule is OC(Cn1cnnn1)(c1ccc(F)cc1F)C(F)(F)c1ccc(Oc2ccc(Cl)cn2)cn1. The number of aromatic nitrogens is 6. The topological polar surface area (TPSA) is 98.8 Å².